The van der Waals surface area contributed by atoms with Crippen LogP contribution in [0.25, 0.3) is 10.8 Å². The molecule has 0 saturated carbocycles. The van der Waals surface area contributed by atoms with E-state index in [9.17, 15) is 10.1 Å². The summed E-state index contributed by atoms with van der Waals surface area (Å²) in [6.07, 6.45) is 3.12. The Morgan fingerprint density at radius 2 is 2.05 bits per heavy atom. The average Bonchev–Trinajstić information content (AvgIpc) is 2.77. The number of non-ortho nitro benzene ring substituents is 1. The summed E-state index contributed by atoms with van der Waals surface area (Å²) in [6.45, 7) is 3.73. The zero-order valence-corrected chi connectivity index (χ0v) is 12.2. The number of nitro groups is 1. The first-order valence-corrected chi connectivity index (χ1v) is 7.01. The van der Waals surface area contributed by atoms with Crippen molar-refractivity contribution in [1.82, 2.24) is 9.97 Å². The molecule has 3 rings (SSSR count). The Hall–Kier alpha value is -2.41. The van der Waals surface area contributed by atoms with Gasteiger partial charge in [0.25, 0.3) is 10.9 Å². The van der Waals surface area contributed by atoms with Gasteiger partial charge >= 0.3 is 0 Å². The zero-order chi connectivity index (χ0) is 15.0. The number of nitro benzene ring substituents is 1. The Morgan fingerprint density at radius 3 is 2.71 bits per heavy atom. The number of benzene rings is 1. The van der Waals surface area contributed by atoms with E-state index in [1.807, 2.05) is 13.8 Å². The molecule has 2 heterocycles. The van der Waals surface area contributed by atoms with Crippen molar-refractivity contribution in [2.45, 2.75) is 24.0 Å². The molecule has 0 aliphatic rings. The van der Waals surface area contributed by atoms with Crippen molar-refractivity contribution in [2.75, 3.05) is 0 Å². The Bertz CT molecular complexity index is 825. The van der Waals surface area contributed by atoms with Crippen LogP contribution in [0.15, 0.2) is 45.1 Å². The molecule has 0 aliphatic carbocycles. The molecule has 6 nitrogen and oxygen atoms in total. The van der Waals surface area contributed by atoms with Crippen molar-refractivity contribution >= 4 is 28.2 Å². The van der Waals surface area contributed by atoms with E-state index < -0.39 is 4.92 Å². The second-order valence-electron chi connectivity index (χ2n) is 4.48. The summed E-state index contributed by atoms with van der Waals surface area (Å²) >= 11 is 1.34. The summed E-state index contributed by atoms with van der Waals surface area (Å²) in [7, 11) is 0. The Balaban J connectivity index is 2.11. The van der Waals surface area contributed by atoms with Crippen molar-refractivity contribution in [3.05, 3.63) is 52.2 Å². The molecular formula is C14H11N3O3S. The van der Waals surface area contributed by atoms with Crippen LogP contribution in [0.5, 0.6) is 0 Å². The maximum Gasteiger partial charge on any atom is 0.278 e. The predicted octanol–water partition coefficient (Wildman–Crippen LogP) is 3.90. The van der Waals surface area contributed by atoms with Gasteiger partial charge in [0.1, 0.15) is 5.76 Å². The highest BCUT2D eigenvalue weighted by molar-refractivity contribution is 7.99. The molecule has 21 heavy (non-hydrogen) atoms. The lowest BCUT2D eigenvalue weighted by Gasteiger charge is -2.04. The molecule has 106 valence electrons. The number of rotatable bonds is 3. The van der Waals surface area contributed by atoms with Gasteiger partial charge in [-0.05, 0) is 37.7 Å². The van der Waals surface area contributed by atoms with Gasteiger partial charge in [-0.15, -0.1) is 0 Å². The molecule has 0 saturated heterocycles. The highest BCUT2D eigenvalue weighted by atomic mass is 32.2. The third-order valence-corrected chi connectivity index (χ3v) is 4.08. The van der Waals surface area contributed by atoms with Crippen LogP contribution >= 0.6 is 11.8 Å². The van der Waals surface area contributed by atoms with Crippen LogP contribution in [-0.4, -0.2) is 14.9 Å². The number of hydrogen-bond acceptors (Lipinski definition) is 6. The molecule has 3 aromatic rings. The summed E-state index contributed by atoms with van der Waals surface area (Å²) in [5, 5.41) is 12.9. The molecule has 0 fully saturated rings. The molecule has 0 aliphatic heterocycles. The molecule has 0 radical (unpaired) electrons. The average molecular weight is 301 g/mol. The topological polar surface area (TPSA) is 82.1 Å². The van der Waals surface area contributed by atoms with Crippen molar-refractivity contribution in [2.24, 2.45) is 0 Å². The molecule has 0 N–H and O–H groups in total. The normalized spacial score (nSPS) is 11.0. The lowest BCUT2D eigenvalue weighted by Crippen LogP contribution is -1.91. The van der Waals surface area contributed by atoms with Crippen LogP contribution in [0.3, 0.4) is 0 Å². The largest absolute Gasteiger partial charge is 0.436 e. The number of nitrogens with zero attached hydrogens (tertiary/aromatic N) is 3. The minimum atomic E-state index is -0.405. The van der Waals surface area contributed by atoms with Crippen LogP contribution in [-0.2, 0) is 0 Å². The van der Waals surface area contributed by atoms with Gasteiger partial charge in [-0.3, -0.25) is 15.1 Å². The SMILES string of the molecule is Cc1nc(Sc2ccc([N+](=O)[O-])c3cnccc23)oc1C. The number of aromatic nitrogens is 2. The standard InChI is InChI=1S/C14H11N3O3S/c1-8-9(2)20-14(16-8)21-13-4-3-12(17(18)19)11-7-15-6-5-10(11)13/h3-7H,1-2H3. The third kappa shape index (κ3) is 2.47. The van der Waals surface area contributed by atoms with E-state index in [-0.39, 0.29) is 5.69 Å². The monoisotopic (exact) mass is 301 g/mol. The van der Waals surface area contributed by atoms with Crippen molar-refractivity contribution in [3.63, 3.8) is 0 Å². The van der Waals surface area contributed by atoms with Crippen LogP contribution in [0, 0.1) is 24.0 Å². The Labute approximate surface area is 124 Å². The van der Waals surface area contributed by atoms with Crippen LogP contribution in [0.1, 0.15) is 11.5 Å². The highest BCUT2D eigenvalue weighted by Gasteiger charge is 2.16. The van der Waals surface area contributed by atoms with Crippen LogP contribution in [0.2, 0.25) is 0 Å². The van der Waals surface area contributed by atoms with Gasteiger partial charge < -0.3 is 4.42 Å². The van der Waals surface area contributed by atoms with Gasteiger partial charge in [-0.1, -0.05) is 0 Å². The first-order valence-electron chi connectivity index (χ1n) is 6.19. The molecule has 2 aromatic heterocycles. The first-order chi connectivity index (χ1) is 10.1. The summed E-state index contributed by atoms with van der Waals surface area (Å²) in [4.78, 5) is 19.8. The lowest BCUT2D eigenvalue weighted by molar-refractivity contribution is -0.383. The predicted molar refractivity (Wildman–Crippen MR) is 78.5 cm³/mol. The van der Waals surface area contributed by atoms with Gasteiger partial charge in [0.2, 0.25) is 0 Å². The summed E-state index contributed by atoms with van der Waals surface area (Å²) < 4.78 is 5.55. The molecule has 0 spiro atoms. The number of oxazole rings is 1. The number of hydrogen-bond donors (Lipinski definition) is 0. The van der Waals surface area contributed by atoms with Gasteiger partial charge in [-0.25, -0.2) is 4.98 Å². The zero-order valence-electron chi connectivity index (χ0n) is 11.4. The fourth-order valence-electron chi connectivity index (χ4n) is 1.98. The van der Waals surface area contributed by atoms with E-state index in [2.05, 4.69) is 9.97 Å². The first kappa shape index (κ1) is 13.6. The van der Waals surface area contributed by atoms with Crippen LogP contribution in [0.4, 0.5) is 5.69 Å². The second kappa shape index (κ2) is 5.17. The third-order valence-electron chi connectivity index (χ3n) is 3.16. The molecule has 1 aromatic carbocycles. The van der Waals surface area contributed by atoms with Crippen LogP contribution < -0.4 is 0 Å². The fraction of sp³-hybridized carbons (Fsp3) is 0.143. The summed E-state index contributed by atoms with van der Waals surface area (Å²) in [6, 6.07) is 4.95. The van der Waals surface area contributed by atoms with Gasteiger partial charge in [-0.2, -0.15) is 0 Å². The van der Waals surface area contributed by atoms with Gasteiger partial charge in [0.15, 0.2) is 0 Å². The molecule has 0 amide bonds. The van der Waals surface area contributed by atoms with Crippen molar-refractivity contribution in [1.29, 1.82) is 0 Å². The Kier molecular flexibility index (Phi) is 3.34. The smallest absolute Gasteiger partial charge is 0.278 e. The Morgan fingerprint density at radius 1 is 1.24 bits per heavy atom. The molecule has 0 bridgehead atoms. The number of pyridine rings is 1. The summed E-state index contributed by atoms with van der Waals surface area (Å²) in [5.41, 5.74) is 0.882. The second-order valence-corrected chi connectivity index (χ2v) is 5.48. The number of fused-ring (bicyclic) bond motifs is 1. The molecule has 7 heteroatoms. The quantitative estimate of drug-likeness (QED) is 0.539. The van der Waals surface area contributed by atoms with E-state index in [4.69, 9.17) is 4.42 Å². The van der Waals surface area contributed by atoms with E-state index in [0.717, 1.165) is 21.7 Å². The molecular weight excluding hydrogens is 290 g/mol. The lowest BCUT2D eigenvalue weighted by atomic mass is 10.1. The summed E-state index contributed by atoms with van der Waals surface area (Å²) in [5.74, 6) is 0.769. The number of aryl methyl sites for hydroxylation is 2. The maximum absolute atomic E-state index is 11.1. The highest BCUT2D eigenvalue weighted by Crippen LogP contribution is 2.36. The minimum Gasteiger partial charge on any atom is -0.436 e. The van der Waals surface area contributed by atoms with Gasteiger partial charge in [0, 0.05) is 28.7 Å². The van der Waals surface area contributed by atoms with Gasteiger partial charge in [0.05, 0.1) is 16.0 Å². The van der Waals surface area contributed by atoms with Crippen molar-refractivity contribution in [3.8, 4) is 0 Å². The van der Waals surface area contributed by atoms with E-state index >= 15 is 0 Å². The van der Waals surface area contributed by atoms with E-state index in [0.29, 0.717) is 10.6 Å². The fourth-order valence-corrected chi connectivity index (χ4v) is 2.94. The molecule has 0 atom stereocenters. The van der Waals surface area contributed by atoms with E-state index in [1.165, 1.54) is 24.0 Å². The van der Waals surface area contributed by atoms with E-state index in [1.54, 1.807) is 18.3 Å². The van der Waals surface area contributed by atoms with Crippen molar-refractivity contribution < 1.29 is 9.34 Å². The molecule has 0 unspecified atom stereocenters. The maximum atomic E-state index is 11.1. The minimum absolute atomic E-state index is 0.0437.